The summed E-state index contributed by atoms with van der Waals surface area (Å²) in [5.74, 6) is -6.79. The van der Waals surface area contributed by atoms with E-state index in [9.17, 15) is 26.4 Å². The number of halogens is 3. The fraction of sp³-hybridized carbons (Fsp3) is 0.364. The second-order valence-corrected chi connectivity index (χ2v) is 6.07. The number of hydrogen-bond acceptors (Lipinski definition) is 3. The molecule has 0 bridgehead atoms. The van der Waals surface area contributed by atoms with Gasteiger partial charge in [0.25, 0.3) is 0 Å². The number of sulfonamides is 1. The Morgan fingerprint density at radius 2 is 1.80 bits per heavy atom. The van der Waals surface area contributed by atoms with E-state index in [0.717, 1.165) is 0 Å². The Morgan fingerprint density at radius 3 is 2.25 bits per heavy atom. The van der Waals surface area contributed by atoms with Crippen LogP contribution in [0, 0.1) is 17.5 Å². The monoisotopic (exact) mass is 311 g/mol. The molecule has 0 unspecified atom stereocenters. The van der Waals surface area contributed by atoms with Gasteiger partial charge < -0.3 is 5.11 Å². The summed E-state index contributed by atoms with van der Waals surface area (Å²) in [6.07, 6.45) is 0. The van der Waals surface area contributed by atoms with Crippen LogP contribution in [0.25, 0.3) is 0 Å². The van der Waals surface area contributed by atoms with Gasteiger partial charge in [-0.15, -0.1) is 0 Å². The smallest absolute Gasteiger partial charge is 0.318 e. The lowest BCUT2D eigenvalue weighted by Crippen LogP contribution is -2.41. The predicted molar refractivity (Wildman–Crippen MR) is 63.0 cm³/mol. The van der Waals surface area contributed by atoms with Crippen LogP contribution in [0.5, 0.6) is 0 Å². The van der Waals surface area contributed by atoms with Crippen molar-refractivity contribution in [3.63, 3.8) is 0 Å². The SMILES string of the molecule is CC(C)N(CC(=O)O)S(=O)(=O)c1ccc(F)c(F)c1F. The average molecular weight is 311 g/mol. The third-order valence-corrected chi connectivity index (χ3v) is 4.49. The summed E-state index contributed by atoms with van der Waals surface area (Å²) in [5.41, 5.74) is 0. The highest BCUT2D eigenvalue weighted by Crippen LogP contribution is 2.24. The fourth-order valence-electron chi connectivity index (χ4n) is 1.51. The molecule has 5 nitrogen and oxygen atoms in total. The first-order valence-electron chi connectivity index (χ1n) is 5.46. The van der Waals surface area contributed by atoms with Crippen molar-refractivity contribution in [1.29, 1.82) is 0 Å². The van der Waals surface area contributed by atoms with E-state index in [1.807, 2.05) is 0 Å². The lowest BCUT2D eigenvalue weighted by atomic mass is 10.3. The molecule has 0 fully saturated rings. The minimum absolute atomic E-state index is 0.463. The molecule has 20 heavy (non-hydrogen) atoms. The molecular formula is C11H12F3NO4S. The van der Waals surface area contributed by atoms with Crippen molar-refractivity contribution in [3.05, 3.63) is 29.6 Å². The summed E-state index contributed by atoms with van der Waals surface area (Å²) >= 11 is 0. The molecular weight excluding hydrogens is 299 g/mol. The molecule has 0 saturated carbocycles. The third kappa shape index (κ3) is 3.10. The number of carboxylic acids is 1. The minimum atomic E-state index is -4.59. The van der Waals surface area contributed by atoms with Gasteiger partial charge in [-0.25, -0.2) is 21.6 Å². The first-order chi connectivity index (χ1) is 9.09. The van der Waals surface area contributed by atoms with Crippen LogP contribution < -0.4 is 0 Å². The number of rotatable bonds is 5. The van der Waals surface area contributed by atoms with E-state index in [0.29, 0.717) is 16.4 Å². The number of hydrogen-bond donors (Lipinski definition) is 1. The van der Waals surface area contributed by atoms with E-state index in [1.165, 1.54) is 13.8 Å². The van der Waals surface area contributed by atoms with Crippen LogP contribution in [0.4, 0.5) is 13.2 Å². The normalized spacial score (nSPS) is 12.2. The van der Waals surface area contributed by atoms with Crippen molar-refractivity contribution >= 4 is 16.0 Å². The van der Waals surface area contributed by atoms with Crippen molar-refractivity contribution in [2.24, 2.45) is 0 Å². The molecule has 0 saturated heterocycles. The number of benzene rings is 1. The van der Waals surface area contributed by atoms with Crippen molar-refractivity contribution in [2.45, 2.75) is 24.8 Å². The van der Waals surface area contributed by atoms with Crippen LogP contribution in [0.15, 0.2) is 17.0 Å². The Labute approximate surface area is 113 Å². The van der Waals surface area contributed by atoms with E-state index >= 15 is 0 Å². The zero-order chi connectivity index (χ0) is 15.7. The average Bonchev–Trinajstić information content (AvgIpc) is 2.32. The zero-order valence-electron chi connectivity index (χ0n) is 10.6. The topological polar surface area (TPSA) is 74.7 Å². The van der Waals surface area contributed by atoms with Gasteiger partial charge in [0.2, 0.25) is 10.0 Å². The summed E-state index contributed by atoms with van der Waals surface area (Å²) in [7, 11) is -4.59. The number of carboxylic acid groups (broad SMARTS) is 1. The molecule has 112 valence electrons. The molecule has 1 aromatic rings. The Morgan fingerprint density at radius 1 is 1.25 bits per heavy atom. The third-order valence-electron chi connectivity index (χ3n) is 2.45. The van der Waals surface area contributed by atoms with Crippen LogP contribution in [0.3, 0.4) is 0 Å². The van der Waals surface area contributed by atoms with Gasteiger partial charge in [0.15, 0.2) is 17.5 Å². The Balaban J connectivity index is 3.41. The summed E-state index contributed by atoms with van der Waals surface area (Å²) in [4.78, 5) is 9.56. The highest BCUT2D eigenvalue weighted by atomic mass is 32.2. The highest BCUT2D eigenvalue weighted by molar-refractivity contribution is 7.89. The van der Waals surface area contributed by atoms with Gasteiger partial charge in [0.1, 0.15) is 11.4 Å². The second-order valence-electron chi connectivity index (χ2n) is 4.21. The van der Waals surface area contributed by atoms with Crippen molar-refractivity contribution < 1.29 is 31.5 Å². The largest absolute Gasteiger partial charge is 0.480 e. The van der Waals surface area contributed by atoms with Gasteiger partial charge in [0.05, 0.1) is 0 Å². The molecule has 1 aromatic carbocycles. The molecule has 1 N–H and O–H groups in total. The van der Waals surface area contributed by atoms with Gasteiger partial charge in [0, 0.05) is 6.04 Å². The Bertz CT molecular complexity index is 631. The van der Waals surface area contributed by atoms with Gasteiger partial charge >= 0.3 is 5.97 Å². The molecule has 9 heteroatoms. The zero-order valence-corrected chi connectivity index (χ0v) is 11.4. The van der Waals surface area contributed by atoms with E-state index < -0.39 is 50.9 Å². The quantitative estimate of drug-likeness (QED) is 0.838. The Kier molecular flexibility index (Phi) is 4.77. The van der Waals surface area contributed by atoms with E-state index in [4.69, 9.17) is 5.11 Å². The van der Waals surface area contributed by atoms with Crippen molar-refractivity contribution in [1.82, 2.24) is 4.31 Å². The van der Waals surface area contributed by atoms with E-state index in [1.54, 1.807) is 0 Å². The molecule has 0 radical (unpaired) electrons. The van der Waals surface area contributed by atoms with Gasteiger partial charge in [-0.3, -0.25) is 4.79 Å². The predicted octanol–water partition coefficient (Wildman–Crippen LogP) is 1.59. The van der Waals surface area contributed by atoms with Gasteiger partial charge in [-0.1, -0.05) is 0 Å². The molecule has 0 atom stereocenters. The lowest BCUT2D eigenvalue weighted by Gasteiger charge is -2.24. The first kappa shape index (κ1) is 16.4. The van der Waals surface area contributed by atoms with Gasteiger partial charge in [-0.2, -0.15) is 4.31 Å². The van der Waals surface area contributed by atoms with Crippen molar-refractivity contribution in [2.75, 3.05) is 6.54 Å². The van der Waals surface area contributed by atoms with Crippen LogP contribution in [0.2, 0.25) is 0 Å². The summed E-state index contributed by atoms with van der Waals surface area (Å²) in [5, 5.41) is 8.68. The maximum absolute atomic E-state index is 13.6. The Hall–Kier alpha value is -1.61. The number of aliphatic carboxylic acids is 1. The minimum Gasteiger partial charge on any atom is -0.480 e. The van der Waals surface area contributed by atoms with Crippen LogP contribution in [0.1, 0.15) is 13.8 Å². The summed E-state index contributed by atoms with van der Waals surface area (Å²) < 4.78 is 64.2. The molecule has 0 heterocycles. The van der Waals surface area contributed by atoms with Crippen LogP contribution in [-0.2, 0) is 14.8 Å². The second kappa shape index (κ2) is 5.80. The fourth-order valence-corrected chi connectivity index (χ4v) is 3.16. The van der Waals surface area contributed by atoms with E-state index in [2.05, 4.69) is 0 Å². The summed E-state index contributed by atoms with van der Waals surface area (Å²) in [6.45, 7) is 1.83. The lowest BCUT2D eigenvalue weighted by molar-refractivity contribution is -0.137. The highest BCUT2D eigenvalue weighted by Gasteiger charge is 2.33. The first-order valence-corrected chi connectivity index (χ1v) is 6.90. The molecule has 0 spiro atoms. The summed E-state index contributed by atoms with van der Waals surface area (Å²) in [6, 6.07) is 0.217. The maximum atomic E-state index is 13.6. The van der Waals surface area contributed by atoms with E-state index in [-0.39, 0.29) is 0 Å². The molecule has 0 aliphatic carbocycles. The van der Waals surface area contributed by atoms with Crippen molar-refractivity contribution in [3.8, 4) is 0 Å². The molecule has 0 aromatic heterocycles. The maximum Gasteiger partial charge on any atom is 0.318 e. The number of carbonyl (C=O) groups is 1. The molecule has 0 aliphatic heterocycles. The van der Waals surface area contributed by atoms with Gasteiger partial charge in [-0.05, 0) is 26.0 Å². The molecule has 0 amide bonds. The van der Waals surface area contributed by atoms with Crippen LogP contribution >= 0.6 is 0 Å². The standard InChI is InChI=1S/C11H12F3NO4S/c1-6(2)15(5-9(16)17)20(18,19)8-4-3-7(12)10(13)11(8)14/h3-4,6H,5H2,1-2H3,(H,16,17). The number of nitrogens with zero attached hydrogens (tertiary/aromatic N) is 1. The van der Waals surface area contributed by atoms with Crippen LogP contribution in [-0.4, -0.2) is 36.4 Å². The molecule has 0 aliphatic rings. The molecule has 1 rings (SSSR count).